The number of nitrogens with zero attached hydrogens (tertiary/aromatic N) is 2. The summed E-state index contributed by atoms with van der Waals surface area (Å²) in [5.74, 6) is -0.132. The second-order valence-electron chi connectivity index (χ2n) is 4.76. The minimum Gasteiger partial charge on any atom is -0.481 e. The lowest BCUT2D eigenvalue weighted by molar-refractivity contribution is -0.133. The van der Waals surface area contributed by atoms with Crippen LogP contribution in [-0.2, 0) is 11.2 Å². The fraction of sp³-hybridized carbons (Fsp3) is 0.714. The molecule has 0 bridgehead atoms. The van der Waals surface area contributed by atoms with Crippen LogP contribution in [0.4, 0.5) is 0 Å². The molecule has 0 aliphatic heterocycles. The number of carboxylic acids is 1. The molecule has 0 spiro atoms. The zero-order valence-electron chi connectivity index (χ0n) is 12.2. The Morgan fingerprint density at radius 1 is 1.42 bits per heavy atom. The Hall–Kier alpha value is -0.970. The highest BCUT2D eigenvalue weighted by atomic mass is 32.2. The first-order valence-corrected chi connectivity index (χ1v) is 7.94. The molecule has 0 amide bonds. The number of thioether (sulfide) groups is 1. The standard InChI is InChI=1S/C14H24N2O2S/c1-5-11(6-2)10(4)16-12(7-3)8-15-14(16)19-9-13(17)18/h8,10-11H,5-7,9H2,1-4H3,(H,17,18). The highest BCUT2D eigenvalue weighted by molar-refractivity contribution is 7.99. The smallest absolute Gasteiger partial charge is 0.313 e. The minimum absolute atomic E-state index is 0.0653. The van der Waals surface area contributed by atoms with E-state index in [1.54, 1.807) is 0 Å². The van der Waals surface area contributed by atoms with E-state index in [-0.39, 0.29) is 5.75 Å². The fourth-order valence-electron chi connectivity index (χ4n) is 2.49. The van der Waals surface area contributed by atoms with Gasteiger partial charge in [-0.1, -0.05) is 45.4 Å². The molecule has 1 atom stereocenters. The topological polar surface area (TPSA) is 55.1 Å². The van der Waals surface area contributed by atoms with Gasteiger partial charge in [0, 0.05) is 17.9 Å². The lowest BCUT2D eigenvalue weighted by atomic mass is 9.95. The quantitative estimate of drug-likeness (QED) is 0.741. The van der Waals surface area contributed by atoms with Crippen molar-refractivity contribution in [3.05, 3.63) is 11.9 Å². The first-order valence-electron chi connectivity index (χ1n) is 6.95. The average Bonchev–Trinajstić information content (AvgIpc) is 2.80. The van der Waals surface area contributed by atoms with Crippen molar-refractivity contribution >= 4 is 17.7 Å². The van der Waals surface area contributed by atoms with Crippen molar-refractivity contribution in [2.45, 2.75) is 58.2 Å². The van der Waals surface area contributed by atoms with E-state index in [1.165, 1.54) is 17.5 Å². The van der Waals surface area contributed by atoms with Crippen molar-refractivity contribution in [2.75, 3.05) is 5.75 Å². The molecule has 0 aromatic carbocycles. The molecule has 0 aliphatic carbocycles. The Balaban J connectivity index is 3.00. The molecular formula is C14H24N2O2S. The molecule has 1 unspecified atom stereocenters. The van der Waals surface area contributed by atoms with Gasteiger partial charge in [0.15, 0.2) is 5.16 Å². The molecular weight excluding hydrogens is 260 g/mol. The van der Waals surface area contributed by atoms with E-state index in [1.807, 2.05) is 6.20 Å². The monoisotopic (exact) mass is 284 g/mol. The molecule has 0 saturated heterocycles. The summed E-state index contributed by atoms with van der Waals surface area (Å²) >= 11 is 1.31. The summed E-state index contributed by atoms with van der Waals surface area (Å²) in [6.45, 7) is 8.73. The molecule has 1 heterocycles. The number of hydrogen-bond acceptors (Lipinski definition) is 3. The van der Waals surface area contributed by atoms with E-state index in [0.29, 0.717) is 12.0 Å². The number of rotatable bonds is 8. The fourth-order valence-corrected chi connectivity index (χ4v) is 3.29. The molecule has 1 aromatic rings. The Morgan fingerprint density at radius 2 is 2.05 bits per heavy atom. The number of aryl methyl sites for hydroxylation is 1. The van der Waals surface area contributed by atoms with Gasteiger partial charge in [0.1, 0.15) is 0 Å². The SMILES string of the molecule is CCc1cnc(SCC(=O)O)n1C(C)C(CC)CC. The molecule has 0 fully saturated rings. The van der Waals surface area contributed by atoms with Crippen LogP contribution in [0, 0.1) is 5.92 Å². The van der Waals surface area contributed by atoms with Crippen molar-refractivity contribution in [3.8, 4) is 0 Å². The van der Waals surface area contributed by atoms with Gasteiger partial charge >= 0.3 is 5.97 Å². The molecule has 1 N–H and O–H groups in total. The molecule has 0 saturated carbocycles. The van der Waals surface area contributed by atoms with Crippen LogP contribution < -0.4 is 0 Å². The van der Waals surface area contributed by atoms with E-state index in [0.717, 1.165) is 24.4 Å². The molecule has 0 aliphatic rings. The molecule has 5 heteroatoms. The van der Waals surface area contributed by atoms with Gasteiger partial charge in [0.2, 0.25) is 0 Å². The van der Waals surface area contributed by atoms with Gasteiger partial charge in [-0.2, -0.15) is 0 Å². The number of aliphatic carboxylic acids is 1. The van der Waals surface area contributed by atoms with Crippen LogP contribution in [0.15, 0.2) is 11.4 Å². The second kappa shape index (κ2) is 7.58. The molecule has 108 valence electrons. The first kappa shape index (κ1) is 16.1. The van der Waals surface area contributed by atoms with Gasteiger partial charge in [-0.15, -0.1) is 0 Å². The third kappa shape index (κ3) is 4.00. The third-order valence-corrected chi connectivity index (χ3v) is 4.62. The Kier molecular flexibility index (Phi) is 6.42. The third-order valence-electron chi connectivity index (χ3n) is 3.66. The van der Waals surface area contributed by atoms with Crippen LogP contribution >= 0.6 is 11.8 Å². The lowest BCUT2D eigenvalue weighted by Crippen LogP contribution is -2.18. The summed E-state index contributed by atoms with van der Waals surface area (Å²) in [7, 11) is 0. The van der Waals surface area contributed by atoms with Crippen LogP contribution in [0.1, 0.15) is 52.3 Å². The largest absolute Gasteiger partial charge is 0.481 e. The summed E-state index contributed by atoms with van der Waals surface area (Å²) in [6.07, 6.45) is 5.05. The van der Waals surface area contributed by atoms with Gasteiger partial charge < -0.3 is 9.67 Å². The maximum atomic E-state index is 10.7. The average molecular weight is 284 g/mol. The predicted molar refractivity (Wildman–Crippen MR) is 78.7 cm³/mol. The lowest BCUT2D eigenvalue weighted by Gasteiger charge is -2.26. The summed E-state index contributed by atoms with van der Waals surface area (Å²) in [5.41, 5.74) is 1.19. The van der Waals surface area contributed by atoms with Crippen molar-refractivity contribution in [1.82, 2.24) is 9.55 Å². The number of hydrogen-bond donors (Lipinski definition) is 1. The van der Waals surface area contributed by atoms with Crippen LogP contribution in [0.3, 0.4) is 0 Å². The van der Waals surface area contributed by atoms with E-state index in [9.17, 15) is 4.79 Å². The summed E-state index contributed by atoms with van der Waals surface area (Å²) < 4.78 is 2.23. The molecule has 0 radical (unpaired) electrons. The second-order valence-corrected chi connectivity index (χ2v) is 5.70. The molecule has 4 nitrogen and oxygen atoms in total. The predicted octanol–water partition coefficient (Wildman–Crippen LogP) is 3.62. The van der Waals surface area contributed by atoms with Gasteiger partial charge in [-0.25, -0.2) is 4.98 Å². The van der Waals surface area contributed by atoms with Gasteiger partial charge in [-0.3, -0.25) is 4.79 Å². The van der Waals surface area contributed by atoms with E-state index in [4.69, 9.17) is 5.11 Å². The summed E-state index contributed by atoms with van der Waals surface area (Å²) in [4.78, 5) is 15.1. The molecule has 1 rings (SSSR count). The highest BCUT2D eigenvalue weighted by Gasteiger charge is 2.21. The maximum absolute atomic E-state index is 10.7. The summed E-state index contributed by atoms with van der Waals surface area (Å²) in [6, 6.07) is 0.365. The Bertz CT molecular complexity index is 414. The van der Waals surface area contributed by atoms with Crippen molar-refractivity contribution in [2.24, 2.45) is 5.92 Å². The van der Waals surface area contributed by atoms with Crippen molar-refractivity contribution in [3.63, 3.8) is 0 Å². The number of carboxylic acid groups (broad SMARTS) is 1. The van der Waals surface area contributed by atoms with Gasteiger partial charge in [0.05, 0.1) is 5.75 Å². The van der Waals surface area contributed by atoms with Gasteiger partial charge in [-0.05, 0) is 19.3 Å². The van der Waals surface area contributed by atoms with E-state index in [2.05, 4.69) is 37.2 Å². The highest BCUT2D eigenvalue weighted by Crippen LogP contribution is 2.30. The van der Waals surface area contributed by atoms with Crippen molar-refractivity contribution in [1.29, 1.82) is 0 Å². The molecule has 1 aromatic heterocycles. The van der Waals surface area contributed by atoms with Crippen molar-refractivity contribution < 1.29 is 9.90 Å². The van der Waals surface area contributed by atoms with Crippen LogP contribution in [-0.4, -0.2) is 26.4 Å². The Morgan fingerprint density at radius 3 is 2.53 bits per heavy atom. The number of aromatic nitrogens is 2. The van der Waals surface area contributed by atoms with E-state index < -0.39 is 5.97 Å². The zero-order valence-corrected chi connectivity index (χ0v) is 13.0. The van der Waals surface area contributed by atoms with Crippen LogP contribution in [0.2, 0.25) is 0 Å². The Labute approximate surface area is 119 Å². The zero-order chi connectivity index (χ0) is 14.4. The maximum Gasteiger partial charge on any atom is 0.313 e. The molecule has 19 heavy (non-hydrogen) atoms. The number of carbonyl (C=O) groups is 1. The minimum atomic E-state index is -0.798. The van der Waals surface area contributed by atoms with E-state index >= 15 is 0 Å². The van der Waals surface area contributed by atoms with Crippen LogP contribution in [0.5, 0.6) is 0 Å². The van der Waals surface area contributed by atoms with Crippen LogP contribution in [0.25, 0.3) is 0 Å². The first-order chi connectivity index (χ1) is 9.04. The normalized spacial score (nSPS) is 12.9. The van der Waals surface area contributed by atoms with Gasteiger partial charge in [0.25, 0.3) is 0 Å². The summed E-state index contributed by atoms with van der Waals surface area (Å²) in [5, 5.41) is 9.64. The number of imidazole rings is 1.